The number of carbonyl (C=O) groups is 2. The van der Waals surface area contributed by atoms with Crippen LogP contribution in [0.5, 0.6) is 0 Å². The van der Waals surface area contributed by atoms with Crippen LogP contribution in [0.3, 0.4) is 0 Å². The lowest BCUT2D eigenvalue weighted by Gasteiger charge is -2.34. The first-order valence-corrected chi connectivity index (χ1v) is 8.09. The van der Waals surface area contributed by atoms with Crippen molar-refractivity contribution in [1.82, 2.24) is 9.80 Å². The maximum atomic E-state index is 12.3. The number of hydrogen-bond acceptors (Lipinski definition) is 3. The molecule has 1 fully saturated rings. The van der Waals surface area contributed by atoms with Crippen LogP contribution in [-0.2, 0) is 4.74 Å². The van der Waals surface area contributed by atoms with E-state index in [0.717, 1.165) is 5.69 Å². The smallest absolute Gasteiger partial charge is 0.409 e. The molecule has 0 atom stereocenters. The quantitative estimate of drug-likeness (QED) is 0.931. The van der Waals surface area contributed by atoms with E-state index in [1.165, 1.54) is 5.56 Å². The van der Waals surface area contributed by atoms with Crippen molar-refractivity contribution in [2.45, 2.75) is 26.7 Å². The van der Waals surface area contributed by atoms with E-state index in [0.29, 0.717) is 38.7 Å². The van der Waals surface area contributed by atoms with Crippen LogP contribution in [0.15, 0.2) is 24.3 Å². The molecular weight excluding hydrogens is 294 g/mol. The van der Waals surface area contributed by atoms with Crippen molar-refractivity contribution in [3.05, 3.63) is 29.8 Å². The summed E-state index contributed by atoms with van der Waals surface area (Å²) in [5.41, 5.74) is 1.99. The number of urea groups is 1. The molecule has 0 radical (unpaired) electrons. The highest BCUT2D eigenvalue weighted by Gasteiger charge is 2.24. The van der Waals surface area contributed by atoms with E-state index in [1.54, 1.807) is 16.7 Å². The highest BCUT2D eigenvalue weighted by Crippen LogP contribution is 2.19. The fourth-order valence-electron chi connectivity index (χ4n) is 2.48. The van der Waals surface area contributed by atoms with Gasteiger partial charge >= 0.3 is 12.1 Å². The number of anilines is 1. The predicted molar refractivity (Wildman–Crippen MR) is 89.7 cm³/mol. The molecule has 3 amide bonds. The first-order chi connectivity index (χ1) is 11.0. The molecule has 0 saturated carbocycles. The molecule has 2 rings (SSSR count). The van der Waals surface area contributed by atoms with Gasteiger partial charge in [-0.05, 0) is 30.5 Å². The van der Waals surface area contributed by atoms with Gasteiger partial charge in [0, 0.05) is 31.9 Å². The molecule has 6 heteroatoms. The van der Waals surface area contributed by atoms with Crippen molar-refractivity contribution in [1.29, 1.82) is 0 Å². The Bertz CT molecular complexity index is 552. The molecule has 0 bridgehead atoms. The average Bonchev–Trinajstić information content (AvgIpc) is 2.55. The van der Waals surface area contributed by atoms with Crippen LogP contribution in [0, 0.1) is 0 Å². The van der Waals surface area contributed by atoms with Gasteiger partial charge < -0.3 is 19.9 Å². The normalized spacial score (nSPS) is 14.8. The van der Waals surface area contributed by atoms with Crippen molar-refractivity contribution in [3.63, 3.8) is 0 Å². The molecule has 1 aromatic rings. The van der Waals surface area contributed by atoms with Crippen molar-refractivity contribution < 1.29 is 14.3 Å². The largest absolute Gasteiger partial charge is 0.450 e. The second-order valence-electron chi connectivity index (χ2n) is 5.88. The number of piperazine rings is 1. The molecule has 0 spiro atoms. The Morgan fingerprint density at radius 3 is 2.43 bits per heavy atom. The molecule has 126 valence electrons. The van der Waals surface area contributed by atoms with Gasteiger partial charge in [0.05, 0.1) is 6.61 Å². The number of nitrogens with zero attached hydrogens (tertiary/aromatic N) is 2. The van der Waals surface area contributed by atoms with Gasteiger partial charge in [0.1, 0.15) is 0 Å². The minimum atomic E-state index is -0.308. The Morgan fingerprint density at radius 2 is 1.83 bits per heavy atom. The lowest BCUT2D eigenvalue weighted by Crippen LogP contribution is -2.51. The zero-order valence-electron chi connectivity index (χ0n) is 14.0. The van der Waals surface area contributed by atoms with Crippen LogP contribution in [-0.4, -0.2) is 54.7 Å². The van der Waals surface area contributed by atoms with E-state index < -0.39 is 0 Å². The van der Waals surface area contributed by atoms with Crippen LogP contribution >= 0.6 is 0 Å². The van der Waals surface area contributed by atoms with Crippen molar-refractivity contribution in [2.75, 3.05) is 38.1 Å². The van der Waals surface area contributed by atoms with Gasteiger partial charge in [0.15, 0.2) is 0 Å². The van der Waals surface area contributed by atoms with Gasteiger partial charge in [-0.1, -0.05) is 26.0 Å². The van der Waals surface area contributed by atoms with Crippen LogP contribution in [0.25, 0.3) is 0 Å². The summed E-state index contributed by atoms with van der Waals surface area (Å²) in [6, 6.07) is 7.76. The minimum absolute atomic E-state index is 0.130. The van der Waals surface area contributed by atoms with E-state index >= 15 is 0 Å². The van der Waals surface area contributed by atoms with E-state index in [1.807, 2.05) is 18.2 Å². The molecule has 0 unspecified atom stereocenters. The number of carbonyl (C=O) groups excluding carboxylic acids is 2. The van der Waals surface area contributed by atoms with E-state index in [4.69, 9.17) is 4.74 Å². The molecule has 0 aliphatic carbocycles. The summed E-state index contributed by atoms with van der Waals surface area (Å²) in [5.74, 6) is 0.417. The maximum Gasteiger partial charge on any atom is 0.409 e. The molecular formula is C17H25N3O3. The van der Waals surface area contributed by atoms with Crippen molar-refractivity contribution >= 4 is 17.8 Å². The summed E-state index contributed by atoms with van der Waals surface area (Å²) in [7, 11) is 0. The molecule has 23 heavy (non-hydrogen) atoms. The highest BCUT2D eigenvalue weighted by molar-refractivity contribution is 5.89. The van der Waals surface area contributed by atoms with Gasteiger partial charge in [0.25, 0.3) is 0 Å². The lowest BCUT2D eigenvalue weighted by atomic mass is 10.0. The second kappa shape index (κ2) is 7.85. The molecule has 1 saturated heterocycles. The third-order valence-corrected chi connectivity index (χ3v) is 3.90. The Morgan fingerprint density at radius 1 is 1.17 bits per heavy atom. The summed E-state index contributed by atoms with van der Waals surface area (Å²) < 4.78 is 4.98. The summed E-state index contributed by atoms with van der Waals surface area (Å²) in [6.07, 6.45) is -0.308. The number of hydrogen-bond donors (Lipinski definition) is 1. The first kappa shape index (κ1) is 17.1. The highest BCUT2D eigenvalue weighted by atomic mass is 16.6. The Balaban J connectivity index is 1.88. The number of benzene rings is 1. The number of ether oxygens (including phenoxy) is 1. The third kappa shape index (κ3) is 4.61. The van der Waals surface area contributed by atoms with E-state index in [2.05, 4.69) is 25.2 Å². The standard InChI is InChI=1S/C17H25N3O3/c1-4-23-17(22)20-10-8-19(9-11-20)16(21)18-15-7-5-6-14(12-15)13(2)3/h5-7,12-13H,4,8-11H2,1-3H3,(H,18,21). The van der Waals surface area contributed by atoms with Gasteiger partial charge in [0.2, 0.25) is 0 Å². The molecule has 6 nitrogen and oxygen atoms in total. The predicted octanol–water partition coefficient (Wildman–Crippen LogP) is 3.12. The number of amides is 3. The van der Waals surface area contributed by atoms with Gasteiger partial charge in [-0.3, -0.25) is 0 Å². The Hall–Kier alpha value is -2.24. The lowest BCUT2D eigenvalue weighted by molar-refractivity contribution is 0.0868. The summed E-state index contributed by atoms with van der Waals surface area (Å²) in [4.78, 5) is 27.3. The third-order valence-electron chi connectivity index (χ3n) is 3.90. The maximum absolute atomic E-state index is 12.3. The van der Waals surface area contributed by atoms with Crippen molar-refractivity contribution in [2.24, 2.45) is 0 Å². The topological polar surface area (TPSA) is 61.9 Å². The molecule has 1 heterocycles. The Kier molecular flexibility index (Phi) is 5.84. The number of nitrogens with one attached hydrogen (secondary N) is 1. The molecule has 1 N–H and O–H groups in total. The minimum Gasteiger partial charge on any atom is -0.450 e. The summed E-state index contributed by atoms with van der Waals surface area (Å²) in [6.45, 7) is 8.41. The molecule has 1 aromatic carbocycles. The van der Waals surface area contributed by atoms with Gasteiger partial charge in [-0.2, -0.15) is 0 Å². The SMILES string of the molecule is CCOC(=O)N1CCN(C(=O)Nc2cccc(C(C)C)c2)CC1. The van der Waals surface area contributed by atoms with Crippen LogP contribution in [0.1, 0.15) is 32.3 Å². The molecule has 1 aliphatic heterocycles. The van der Waals surface area contributed by atoms with Crippen molar-refractivity contribution in [3.8, 4) is 0 Å². The average molecular weight is 319 g/mol. The fraction of sp³-hybridized carbons (Fsp3) is 0.529. The molecule has 0 aromatic heterocycles. The van der Waals surface area contributed by atoms with Crippen LogP contribution in [0.4, 0.5) is 15.3 Å². The number of rotatable bonds is 3. The summed E-state index contributed by atoms with van der Waals surface area (Å²) in [5, 5.41) is 2.93. The Labute approximate surface area is 137 Å². The summed E-state index contributed by atoms with van der Waals surface area (Å²) >= 11 is 0. The van der Waals surface area contributed by atoms with E-state index in [-0.39, 0.29) is 12.1 Å². The van der Waals surface area contributed by atoms with Crippen LogP contribution < -0.4 is 5.32 Å². The zero-order chi connectivity index (χ0) is 16.8. The fourth-order valence-corrected chi connectivity index (χ4v) is 2.48. The van der Waals surface area contributed by atoms with Crippen LogP contribution in [0.2, 0.25) is 0 Å². The molecule has 1 aliphatic rings. The zero-order valence-corrected chi connectivity index (χ0v) is 14.0. The first-order valence-electron chi connectivity index (χ1n) is 8.09. The monoisotopic (exact) mass is 319 g/mol. The van der Waals surface area contributed by atoms with E-state index in [9.17, 15) is 9.59 Å². The van der Waals surface area contributed by atoms with Gasteiger partial charge in [-0.25, -0.2) is 9.59 Å². The van der Waals surface area contributed by atoms with Gasteiger partial charge in [-0.15, -0.1) is 0 Å². The second-order valence-corrected chi connectivity index (χ2v) is 5.88.